The highest BCUT2D eigenvalue weighted by molar-refractivity contribution is 6.17. The van der Waals surface area contributed by atoms with Crippen molar-refractivity contribution in [3.8, 4) is 0 Å². The number of nitrogens with one attached hydrogen (secondary N) is 1. The van der Waals surface area contributed by atoms with Crippen molar-refractivity contribution in [1.82, 2.24) is 5.32 Å². The molecule has 1 N–H and O–H groups in total. The molecule has 2 nitrogen and oxygen atoms in total. The van der Waals surface area contributed by atoms with Gasteiger partial charge in [0, 0.05) is 25.6 Å². The maximum absolute atomic E-state index is 5.70. The summed E-state index contributed by atoms with van der Waals surface area (Å²) in [6.45, 7) is 10.5. The molecule has 0 aromatic rings. The summed E-state index contributed by atoms with van der Waals surface area (Å²) in [6, 6.07) is 0. The summed E-state index contributed by atoms with van der Waals surface area (Å²) in [5, 5.41) is 3.44. The largest absolute Gasteiger partial charge is 0.380 e. The van der Waals surface area contributed by atoms with E-state index in [-0.39, 0.29) is 0 Å². The van der Waals surface area contributed by atoms with Gasteiger partial charge in [0.25, 0.3) is 0 Å². The molecule has 0 saturated carbocycles. The average molecular weight is 250 g/mol. The molecule has 0 rings (SSSR count). The Balaban J connectivity index is 3.29. The third kappa shape index (κ3) is 10.7. The highest BCUT2D eigenvalue weighted by Gasteiger charge is 2.16. The fourth-order valence-corrected chi connectivity index (χ4v) is 1.69. The van der Waals surface area contributed by atoms with E-state index in [4.69, 9.17) is 16.3 Å². The van der Waals surface area contributed by atoms with E-state index >= 15 is 0 Å². The molecule has 0 aliphatic heterocycles. The molecule has 0 fully saturated rings. The third-order valence-corrected chi connectivity index (χ3v) is 2.92. The van der Waals surface area contributed by atoms with Crippen molar-refractivity contribution in [2.45, 2.75) is 46.5 Å². The van der Waals surface area contributed by atoms with Crippen molar-refractivity contribution in [2.24, 2.45) is 5.41 Å². The summed E-state index contributed by atoms with van der Waals surface area (Å²) in [7, 11) is 0. The summed E-state index contributed by atoms with van der Waals surface area (Å²) in [6.07, 6.45) is 4.66. The number of hydrogen-bond acceptors (Lipinski definition) is 2. The number of hydrogen-bond donors (Lipinski definition) is 1. The van der Waals surface area contributed by atoms with Gasteiger partial charge in [0.2, 0.25) is 0 Å². The number of halogens is 1. The molecule has 0 aromatic heterocycles. The molecule has 0 amide bonds. The van der Waals surface area contributed by atoms with Gasteiger partial charge in [-0.1, -0.05) is 27.2 Å². The van der Waals surface area contributed by atoms with E-state index < -0.39 is 0 Å². The van der Waals surface area contributed by atoms with Gasteiger partial charge in [-0.15, -0.1) is 11.6 Å². The first-order valence-corrected chi connectivity index (χ1v) is 7.00. The van der Waals surface area contributed by atoms with Gasteiger partial charge in [0.15, 0.2) is 0 Å². The highest BCUT2D eigenvalue weighted by Crippen LogP contribution is 2.21. The van der Waals surface area contributed by atoms with E-state index in [0.717, 1.165) is 38.6 Å². The van der Waals surface area contributed by atoms with E-state index in [2.05, 4.69) is 26.1 Å². The Morgan fingerprint density at radius 2 is 1.94 bits per heavy atom. The smallest absolute Gasteiger partial charge is 0.0590 e. The molecular weight excluding hydrogens is 222 g/mol. The van der Waals surface area contributed by atoms with Crippen LogP contribution in [0.1, 0.15) is 46.5 Å². The zero-order chi connectivity index (χ0) is 12.3. The SMILES string of the molecule is CCCCOCCNCC(C)(C)CCCCl. The fraction of sp³-hybridized carbons (Fsp3) is 1.00. The first-order valence-electron chi connectivity index (χ1n) is 6.47. The Hall–Kier alpha value is 0.210. The number of rotatable bonds is 11. The molecule has 0 spiro atoms. The zero-order valence-corrected chi connectivity index (χ0v) is 11.9. The molecule has 3 heteroatoms. The molecule has 0 aliphatic carbocycles. The lowest BCUT2D eigenvalue weighted by molar-refractivity contribution is 0.130. The zero-order valence-electron chi connectivity index (χ0n) is 11.2. The topological polar surface area (TPSA) is 21.3 Å². The molecule has 98 valence electrons. The molecule has 0 atom stereocenters. The number of alkyl halides is 1. The average Bonchev–Trinajstić information content (AvgIpc) is 2.25. The monoisotopic (exact) mass is 249 g/mol. The van der Waals surface area contributed by atoms with E-state index in [1.807, 2.05) is 0 Å². The molecule has 0 unspecified atom stereocenters. The first kappa shape index (κ1) is 16.2. The molecule has 16 heavy (non-hydrogen) atoms. The van der Waals surface area contributed by atoms with Crippen LogP contribution in [0.4, 0.5) is 0 Å². The lowest BCUT2D eigenvalue weighted by Gasteiger charge is -2.24. The van der Waals surface area contributed by atoms with Crippen molar-refractivity contribution < 1.29 is 4.74 Å². The van der Waals surface area contributed by atoms with Crippen LogP contribution in [0.15, 0.2) is 0 Å². The van der Waals surface area contributed by atoms with Crippen LogP contribution in [0.5, 0.6) is 0 Å². The van der Waals surface area contributed by atoms with Crippen LogP contribution in [0, 0.1) is 5.41 Å². The minimum absolute atomic E-state index is 0.346. The van der Waals surface area contributed by atoms with Gasteiger partial charge in [0.1, 0.15) is 0 Å². The van der Waals surface area contributed by atoms with Gasteiger partial charge in [-0.2, -0.15) is 0 Å². The van der Waals surface area contributed by atoms with Crippen LogP contribution in [0.2, 0.25) is 0 Å². The first-order chi connectivity index (χ1) is 7.62. The minimum Gasteiger partial charge on any atom is -0.380 e. The van der Waals surface area contributed by atoms with Crippen molar-refractivity contribution in [3.05, 3.63) is 0 Å². The summed E-state index contributed by atoms with van der Waals surface area (Å²) in [5.74, 6) is 0.767. The van der Waals surface area contributed by atoms with Crippen molar-refractivity contribution in [3.63, 3.8) is 0 Å². The molecular formula is C13H28ClNO. The number of unbranched alkanes of at least 4 members (excludes halogenated alkanes) is 1. The molecule has 0 aliphatic rings. The summed E-state index contributed by atoms with van der Waals surface area (Å²) in [5.41, 5.74) is 0.346. The van der Waals surface area contributed by atoms with E-state index in [9.17, 15) is 0 Å². The second kappa shape index (κ2) is 10.4. The van der Waals surface area contributed by atoms with Crippen LogP contribution in [0.25, 0.3) is 0 Å². The van der Waals surface area contributed by atoms with Crippen molar-refractivity contribution in [1.29, 1.82) is 0 Å². The maximum Gasteiger partial charge on any atom is 0.0590 e. The normalized spacial score (nSPS) is 12.0. The molecule has 0 heterocycles. The van der Waals surface area contributed by atoms with Gasteiger partial charge in [-0.25, -0.2) is 0 Å². The van der Waals surface area contributed by atoms with Gasteiger partial charge in [-0.3, -0.25) is 0 Å². The van der Waals surface area contributed by atoms with Crippen LogP contribution in [0.3, 0.4) is 0 Å². The molecule has 0 bridgehead atoms. The van der Waals surface area contributed by atoms with Gasteiger partial charge in [0.05, 0.1) is 6.61 Å². The van der Waals surface area contributed by atoms with Crippen LogP contribution >= 0.6 is 11.6 Å². The van der Waals surface area contributed by atoms with Crippen molar-refractivity contribution in [2.75, 3.05) is 32.2 Å². The van der Waals surface area contributed by atoms with E-state index in [1.54, 1.807) is 0 Å². The Morgan fingerprint density at radius 3 is 2.56 bits per heavy atom. The number of ether oxygens (including phenoxy) is 1. The second-order valence-electron chi connectivity index (χ2n) is 5.10. The Bertz CT molecular complexity index is 151. The van der Waals surface area contributed by atoms with Crippen molar-refractivity contribution >= 4 is 11.6 Å². The van der Waals surface area contributed by atoms with Gasteiger partial charge in [-0.05, 0) is 24.7 Å². The summed E-state index contributed by atoms with van der Waals surface area (Å²) < 4.78 is 5.49. The Kier molecular flexibility index (Phi) is 10.5. The molecule has 0 radical (unpaired) electrons. The maximum atomic E-state index is 5.70. The van der Waals surface area contributed by atoms with Crippen LogP contribution in [-0.4, -0.2) is 32.2 Å². The van der Waals surface area contributed by atoms with Gasteiger partial charge < -0.3 is 10.1 Å². The third-order valence-electron chi connectivity index (χ3n) is 2.66. The van der Waals surface area contributed by atoms with E-state index in [0.29, 0.717) is 5.41 Å². The van der Waals surface area contributed by atoms with Crippen LogP contribution < -0.4 is 5.32 Å². The summed E-state index contributed by atoms with van der Waals surface area (Å²) in [4.78, 5) is 0. The lowest BCUT2D eigenvalue weighted by atomic mass is 9.88. The van der Waals surface area contributed by atoms with Crippen LogP contribution in [-0.2, 0) is 4.74 Å². The fourth-order valence-electron chi connectivity index (χ4n) is 1.55. The lowest BCUT2D eigenvalue weighted by Crippen LogP contribution is -2.31. The quantitative estimate of drug-likeness (QED) is 0.448. The van der Waals surface area contributed by atoms with Gasteiger partial charge >= 0.3 is 0 Å². The predicted octanol–water partition coefficient (Wildman–Crippen LogP) is 3.44. The Morgan fingerprint density at radius 1 is 1.19 bits per heavy atom. The minimum atomic E-state index is 0.346. The summed E-state index contributed by atoms with van der Waals surface area (Å²) >= 11 is 5.70. The Labute approximate surface area is 106 Å². The molecule has 0 aromatic carbocycles. The predicted molar refractivity (Wildman–Crippen MR) is 72.3 cm³/mol. The highest BCUT2D eigenvalue weighted by atomic mass is 35.5. The standard InChI is InChI=1S/C13H28ClNO/c1-4-5-10-16-11-9-15-12-13(2,3)7-6-8-14/h15H,4-12H2,1-3H3. The second-order valence-corrected chi connectivity index (χ2v) is 5.48. The molecule has 0 saturated heterocycles. The van der Waals surface area contributed by atoms with E-state index in [1.165, 1.54) is 19.3 Å².